The second kappa shape index (κ2) is 10.2. The van der Waals surface area contributed by atoms with E-state index < -0.39 is 6.23 Å². The smallest absolute Gasteiger partial charge is 0.139 e. The highest BCUT2D eigenvalue weighted by Gasteiger charge is 2.40. The van der Waals surface area contributed by atoms with Gasteiger partial charge in [0.15, 0.2) is 0 Å². The Kier molecular flexibility index (Phi) is 7.05. The van der Waals surface area contributed by atoms with Gasteiger partial charge in [-0.1, -0.05) is 70.2 Å². The number of rotatable bonds is 6. The maximum Gasteiger partial charge on any atom is 0.139 e. The number of hydrogen-bond donors (Lipinski definition) is 0. The summed E-state index contributed by atoms with van der Waals surface area (Å²) >= 11 is 19.3. The van der Waals surface area contributed by atoms with Crippen LogP contribution < -0.4 is 9.47 Å². The van der Waals surface area contributed by atoms with Crippen LogP contribution in [-0.4, -0.2) is 23.4 Å². The van der Waals surface area contributed by atoms with Gasteiger partial charge in [-0.25, -0.2) is 0 Å². The van der Waals surface area contributed by atoms with Crippen molar-refractivity contribution in [3.8, 4) is 17.6 Å². The molecule has 1 aromatic heterocycles. The summed E-state index contributed by atoms with van der Waals surface area (Å²) in [5.74, 6) is 1.49. The molecule has 0 aliphatic carbocycles. The first-order valence-corrected chi connectivity index (χ1v) is 12.6. The van der Waals surface area contributed by atoms with Crippen molar-refractivity contribution >= 4 is 45.7 Å². The molecule has 8 heteroatoms. The highest BCUT2D eigenvalue weighted by Crippen LogP contribution is 2.41. The maximum absolute atomic E-state index is 9.77. The summed E-state index contributed by atoms with van der Waals surface area (Å²) in [5, 5.41) is 11.4. The fourth-order valence-electron chi connectivity index (χ4n) is 4.40. The maximum atomic E-state index is 9.77. The normalized spacial score (nSPS) is 19.4. The molecule has 2 heterocycles. The molecule has 0 amide bonds. The first-order valence-electron chi connectivity index (χ1n) is 11.5. The van der Waals surface area contributed by atoms with Gasteiger partial charge in [-0.3, -0.25) is 0 Å². The van der Waals surface area contributed by atoms with Gasteiger partial charge in [0.2, 0.25) is 0 Å². The number of nitriles is 1. The minimum absolute atomic E-state index is 0.269. The number of halogens is 3. The predicted molar refractivity (Wildman–Crippen MR) is 142 cm³/mol. The SMILES string of the molecule is Cc1ccc(OC[C@H]2O[C@@H](n3c(Cl)c(C#N)c4cc(Cl)c(Cl)cc43)C[C@@H]2Oc2ccc(C)cc2)cc1. The Morgan fingerprint density at radius 1 is 0.944 bits per heavy atom. The van der Waals surface area contributed by atoms with Crippen LogP contribution in [0.1, 0.15) is 29.3 Å². The topological polar surface area (TPSA) is 56.4 Å². The molecule has 1 aliphatic rings. The molecule has 4 aromatic rings. The lowest BCUT2D eigenvalue weighted by Gasteiger charge is -2.20. The number of nitrogens with zero attached hydrogens (tertiary/aromatic N) is 2. The first kappa shape index (κ1) is 24.8. The molecule has 1 fully saturated rings. The van der Waals surface area contributed by atoms with E-state index in [2.05, 4.69) is 6.07 Å². The van der Waals surface area contributed by atoms with Crippen molar-refractivity contribution in [1.82, 2.24) is 4.57 Å². The summed E-state index contributed by atoms with van der Waals surface area (Å²) in [6.45, 7) is 4.34. The Balaban J connectivity index is 1.47. The number of benzene rings is 3. The molecule has 0 saturated carbocycles. The number of aromatic nitrogens is 1. The molecule has 0 radical (unpaired) electrons. The molecular weight excluding hydrogens is 519 g/mol. The number of fused-ring (bicyclic) bond motifs is 1. The summed E-state index contributed by atoms with van der Waals surface area (Å²) < 4.78 is 20.7. The zero-order valence-corrected chi connectivity index (χ0v) is 21.9. The third-order valence-corrected chi connectivity index (χ3v) is 7.40. The lowest BCUT2D eigenvalue weighted by molar-refractivity contribution is -0.0337. The van der Waals surface area contributed by atoms with Crippen molar-refractivity contribution < 1.29 is 14.2 Å². The number of ether oxygens (including phenoxy) is 3. The molecule has 0 bridgehead atoms. The molecule has 1 saturated heterocycles. The minimum atomic E-state index is -0.499. The van der Waals surface area contributed by atoms with Crippen LogP contribution in [0.5, 0.6) is 11.5 Å². The molecule has 0 unspecified atom stereocenters. The van der Waals surface area contributed by atoms with E-state index in [-0.39, 0.29) is 24.0 Å². The predicted octanol–water partition coefficient (Wildman–Crippen LogP) is 7.90. The molecule has 0 spiro atoms. The lowest BCUT2D eigenvalue weighted by Crippen LogP contribution is -2.32. The Hall–Kier alpha value is -2.88. The van der Waals surface area contributed by atoms with Crippen molar-refractivity contribution in [2.75, 3.05) is 6.61 Å². The summed E-state index contributed by atoms with van der Waals surface area (Å²) in [6, 6.07) is 21.3. The monoisotopic (exact) mass is 540 g/mol. The number of hydrogen-bond acceptors (Lipinski definition) is 4. The molecule has 5 rings (SSSR count). The second-order valence-corrected chi connectivity index (χ2v) is 10.1. The van der Waals surface area contributed by atoms with Crippen LogP contribution in [0.3, 0.4) is 0 Å². The van der Waals surface area contributed by atoms with E-state index in [1.54, 1.807) is 16.7 Å². The van der Waals surface area contributed by atoms with Crippen molar-refractivity contribution in [2.24, 2.45) is 0 Å². The standard InChI is InChI=1S/C28H23Cl3N2O3/c1-16-3-7-18(8-4-16)34-15-26-25(35-19-9-5-17(2)6-10-19)13-27(36-26)33-24-12-23(30)22(29)11-20(24)21(14-32)28(33)31/h3-12,25-27H,13,15H2,1-2H3/t25-,26+,27+/m0/s1. The second-order valence-electron chi connectivity index (χ2n) is 8.89. The zero-order chi connectivity index (χ0) is 25.4. The van der Waals surface area contributed by atoms with Gasteiger partial charge >= 0.3 is 0 Å². The molecule has 184 valence electrons. The van der Waals surface area contributed by atoms with Crippen LogP contribution in [0, 0.1) is 25.2 Å². The third-order valence-electron chi connectivity index (χ3n) is 6.31. The summed E-state index contributed by atoms with van der Waals surface area (Å²) in [4.78, 5) is 0. The van der Waals surface area contributed by atoms with Gasteiger partial charge in [0.25, 0.3) is 0 Å². The molecule has 1 aliphatic heterocycles. The van der Waals surface area contributed by atoms with Crippen molar-refractivity contribution in [3.05, 3.63) is 92.6 Å². The van der Waals surface area contributed by atoms with Gasteiger partial charge in [0.1, 0.15) is 47.8 Å². The average molecular weight is 542 g/mol. The molecule has 3 aromatic carbocycles. The van der Waals surface area contributed by atoms with Gasteiger partial charge in [-0.15, -0.1) is 0 Å². The van der Waals surface area contributed by atoms with Crippen LogP contribution in [0.2, 0.25) is 15.2 Å². The van der Waals surface area contributed by atoms with Gasteiger partial charge in [-0.05, 0) is 50.2 Å². The van der Waals surface area contributed by atoms with E-state index in [0.29, 0.717) is 32.9 Å². The Morgan fingerprint density at radius 2 is 1.56 bits per heavy atom. The average Bonchev–Trinajstić information content (AvgIpc) is 3.37. The molecular formula is C28H23Cl3N2O3. The molecule has 5 nitrogen and oxygen atoms in total. The molecule has 3 atom stereocenters. The Labute approximate surface area is 224 Å². The highest BCUT2D eigenvalue weighted by atomic mass is 35.5. The van der Waals surface area contributed by atoms with Gasteiger partial charge in [-0.2, -0.15) is 5.26 Å². The summed E-state index contributed by atoms with van der Waals surface area (Å²) in [5.41, 5.74) is 3.29. The van der Waals surface area contributed by atoms with E-state index in [9.17, 15) is 5.26 Å². The quantitative estimate of drug-likeness (QED) is 0.249. The minimum Gasteiger partial charge on any atom is -0.491 e. The fourth-order valence-corrected chi connectivity index (χ4v) is 5.06. The first-order chi connectivity index (χ1) is 17.3. The highest BCUT2D eigenvalue weighted by molar-refractivity contribution is 6.43. The summed E-state index contributed by atoms with van der Waals surface area (Å²) in [7, 11) is 0. The van der Waals surface area contributed by atoms with Crippen LogP contribution >= 0.6 is 34.8 Å². The third kappa shape index (κ3) is 4.87. The van der Waals surface area contributed by atoms with Crippen molar-refractivity contribution in [1.29, 1.82) is 5.26 Å². The van der Waals surface area contributed by atoms with E-state index in [4.69, 9.17) is 49.0 Å². The molecule has 0 N–H and O–H groups in total. The van der Waals surface area contributed by atoms with Crippen molar-refractivity contribution in [2.45, 2.75) is 38.7 Å². The van der Waals surface area contributed by atoms with E-state index in [1.165, 1.54) is 0 Å². The van der Waals surface area contributed by atoms with Crippen LogP contribution in [0.15, 0.2) is 60.7 Å². The van der Waals surface area contributed by atoms with Gasteiger partial charge in [0, 0.05) is 11.8 Å². The largest absolute Gasteiger partial charge is 0.491 e. The van der Waals surface area contributed by atoms with E-state index in [0.717, 1.165) is 22.6 Å². The lowest BCUT2D eigenvalue weighted by atomic mass is 10.1. The van der Waals surface area contributed by atoms with E-state index >= 15 is 0 Å². The van der Waals surface area contributed by atoms with Crippen LogP contribution in [0.25, 0.3) is 10.9 Å². The van der Waals surface area contributed by atoms with Crippen LogP contribution in [0.4, 0.5) is 0 Å². The molecule has 36 heavy (non-hydrogen) atoms. The van der Waals surface area contributed by atoms with Gasteiger partial charge < -0.3 is 18.8 Å². The summed E-state index contributed by atoms with van der Waals surface area (Å²) in [6.07, 6.45) is -0.712. The fraction of sp³-hybridized carbons (Fsp3) is 0.250. The van der Waals surface area contributed by atoms with Crippen molar-refractivity contribution in [3.63, 3.8) is 0 Å². The Bertz CT molecular complexity index is 1440. The van der Waals surface area contributed by atoms with E-state index in [1.807, 2.05) is 62.4 Å². The van der Waals surface area contributed by atoms with Crippen LogP contribution in [-0.2, 0) is 4.74 Å². The Morgan fingerprint density at radius 3 is 2.19 bits per heavy atom. The zero-order valence-electron chi connectivity index (χ0n) is 19.7. The number of aryl methyl sites for hydroxylation is 2. The van der Waals surface area contributed by atoms with Gasteiger partial charge in [0.05, 0.1) is 21.1 Å².